The van der Waals surface area contributed by atoms with Crippen LogP contribution in [0.2, 0.25) is 0 Å². The number of benzene rings is 1. The molecule has 7 nitrogen and oxygen atoms in total. The third-order valence-electron chi connectivity index (χ3n) is 16.4. The molecule has 0 unspecified atom stereocenters. The van der Waals surface area contributed by atoms with Gasteiger partial charge in [0, 0.05) is 37.4 Å². The molecule has 0 bridgehead atoms. The molecule has 5 rings (SSSR count). The summed E-state index contributed by atoms with van der Waals surface area (Å²) in [6, 6.07) is 4.51. The van der Waals surface area contributed by atoms with Crippen LogP contribution >= 0.6 is 0 Å². The monoisotopic (exact) mass is 858 g/mol. The third-order valence-corrected chi connectivity index (χ3v) is 16.4. The molecule has 0 aliphatic heterocycles. The smallest absolute Gasteiger partial charge is 0.454 e. The first-order chi connectivity index (χ1) is 29.0. The Morgan fingerprint density at radius 2 is 1.34 bits per heavy atom. The Morgan fingerprint density at radius 1 is 0.754 bits per heavy atom. The summed E-state index contributed by atoms with van der Waals surface area (Å²) in [5, 5.41) is 0. The number of amides is 1. The molecule has 61 heavy (non-hydrogen) atoms. The highest BCUT2D eigenvalue weighted by Gasteiger charge is 2.65. The predicted molar refractivity (Wildman–Crippen MR) is 234 cm³/mol. The van der Waals surface area contributed by atoms with Crippen LogP contribution in [0, 0.1) is 46.3 Å². The highest BCUT2D eigenvalue weighted by molar-refractivity contribution is 6.01. The standard InChI is InChI=1S/C51H78F3NO6/c1-7-9-11-13-15-17-31-55(32-18-16-14-12-10-8-2)46(57)28-19-35(3)42-26-27-43-41-25-24-39-33-40(61-48(59)38-22-20-37(21-23-38)47(58)51(52,53)54)29-30-49(39,5)44(41)34-45(50(42,43)6)60-36(4)56/h20-23,35,39-45H,7-19,24-34H2,1-6H3/t35-,39-,40-,41+,42-,43+,44+,45+,49+,50-/m1/s1. The molecule has 0 aromatic heterocycles. The number of fused-ring (bicyclic) bond motifs is 5. The minimum atomic E-state index is -4.98. The maximum Gasteiger partial charge on any atom is 0.454 e. The van der Waals surface area contributed by atoms with Crippen LogP contribution in [0.15, 0.2) is 24.3 Å². The lowest BCUT2D eigenvalue weighted by Gasteiger charge is -2.62. The summed E-state index contributed by atoms with van der Waals surface area (Å²) in [6.07, 6.45) is 18.0. The average Bonchev–Trinajstić information content (AvgIpc) is 3.59. The maximum absolute atomic E-state index is 13.9. The number of carbonyl (C=O) groups is 4. The summed E-state index contributed by atoms with van der Waals surface area (Å²) in [5.74, 6) is -0.133. The van der Waals surface area contributed by atoms with Gasteiger partial charge in [-0.1, -0.05) is 111 Å². The minimum absolute atomic E-state index is 0.00323. The number of alkyl halides is 3. The molecule has 0 spiro atoms. The van der Waals surface area contributed by atoms with Crippen molar-refractivity contribution in [1.29, 1.82) is 0 Å². The van der Waals surface area contributed by atoms with Crippen LogP contribution in [-0.2, 0) is 19.1 Å². The van der Waals surface area contributed by atoms with Crippen LogP contribution in [0.25, 0.3) is 0 Å². The van der Waals surface area contributed by atoms with Gasteiger partial charge in [0.1, 0.15) is 12.2 Å². The number of nitrogens with zero attached hydrogens (tertiary/aromatic N) is 1. The Bertz CT molecular complexity index is 1580. The molecule has 0 radical (unpaired) electrons. The second-order valence-electron chi connectivity index (χ2n) is 20.2. The number of Topliss-reactive ketones (excluding diaryl/α,β-unsaturated/α-hetero) is 1. The van der Waals surface area contributed by atoms with Crippen molar-refractivity contribution in [1.82, 2.24) is 4.90 Å². The van der Waals surface area contributed by atoms with E-state index in [4.69, 9.17) is 9.47 Å². The van der Waals surface area contributed by atoms with Gasteiger partial charge in [-0.2, -0.15) is 13.2 Å². The molecule has 4 aliphatic carbocycles. The van der Waals surface area contributed by atoms with Crippen molar-refractivity contribution in [3.8, 4) is 0 Å². The minimum Gasteiger partial charge on any atom is -0.462 e. The lowest BCUT2D eigenvalue weighted by Crippen LogP contribution is -2.59. The molecule has 0 heterocycles. The highest BCUT2D eigenvalue weighted by atomic mass is 19.4. The zero-order valence-electron chi connectivity index (χ0n) is 38.4. The van der Waals surface area contributed by atoms with Gasteiger partial charge in [-0.25, -0.2) is 4.79 Å². The van der Waals surface area contributed by atoms with E-state index in [1.165, 1.54) is 83.3 Å². The topological polar surface area (TPSA) is 90.0 Å². The van der Waals surface area contributed by atoms with E-state index in [2.05, 4.69) is 39.5 Å². The van der Waals surface area contributed by atoms with E-state index in [0.29, 0.717) is 54.3 Å². The molecule has 344 valence electrons. The Hall–Kier alpha value is -2.91. The Morgan fingerprint density at radius 3 is 1.93 bits per heavy atom. The number of carbonyl (C=O) groups excluding carboxylic acids is 4. The molecular weight excluding hydrogens is 780 g/mol. The van der Waals surface area contributed by atoms with E-state index in [-0.39, 0.29) is 34.6 Å². The van der Waals surface area contributed by atoms with Gasteiger partial charge in [0.05, 0.1) is 5.56 Å². The zero-order chi connectivity index (χ0) is 44.4. The van der Waals surface area contributed by atoms with Gasteiger partial charge in [-0.15, -0.1) is 0 Å². The Kier molecular flexibility index (Phi) is 17.8. The molecule has 1 amide bonds. The van der Waals surface area contributed by atoms with E-state index in [1.807, 2.05) is 0 Å². The van der Waals surface area contributed by atoms with E-state index < -0.39 is 23.5 Å². The molecule has 1 aromatic carbocycles. The van der Waals surface area contributed by atoms with Crippen molar-refractivity contribution in [2.75, 3.05) is 13.1 Å². The van der Waals surface area contributed by atoms with Gasteiger partial charge >= 0.3 is 18.1 Å². The SMILES string of the molecule is CCCCCCCCN(CCCCCCCC)C(=O)CC[C@@H](C)[C@H]1CC[C@H]2[C@@H]3CC[C@@H]4C[C@H](OC(=O)c5ccc(C(=O)C(F)(F)F)cc5)CC[C@]4(C)[C@H]3C[C@H](OC(C)=O)[C@]12C. The van der Waals surface area contributed by atoms with E-state index >= 15 is 0 Å². The largest absolute Gasteiger partial charge is 0.462 e. The number of unbranched alkanes of at least 4 members (excludes halogenated alkanes) is 10. The molecular formula is C51H78F3NO6. The lowest BCUT2D eigenvalue weighted by molar-refractivity contribution is -0.196. The highest BCUT2D eigenvalue weighted by Crippen LogP contribution is 2.69. The summed E-state index contributed by atoms with van der Waals surface area (Å²) in [7, 11) is 0. The molecule has 0 N–H and O–H groups in total. The molecule has 4 aliphatic rings. The maximum atomic E-state index is 13.9. The molecule has 0 saturated heterocycles. The van der Waals surface area contributed by atoms with Crippen molar-refractivity contribution in [3.05, 3.63) is 35.4 Å². The third kappa shape index (κ3) is 12.0. The van der Waals surface area contributed by atoms with Crippen LogP contribution < -0.4 is 0 Å². The lowest BCUT2D eigenvalue weighted by atomic mass is 9.43. The number of halogens is 3. The summed E-state index contributed by atoms with van der Waals surface area (Å²) < 4.78 is 51.0. The average molecular weight is 858 g/mol. The number of rotatable bonds is 22. The molecule has 4 saturated carbocycles. The van der Waals surface area contributed by atoms with E-state index in [1.54, 1.807) is 0 Å². The van der Waals surface area contributed by atoms with Gasteiger partial charge in [-0.3, -0.25) is 14.4 Å². The summed E-state index contributed by atoms with van der Waals surface area (Å²) >= 11 is 0. The Balaban J connectivity index is 1.21. The Labute approximate surface area is 365 Å². The predicted octanol–water partition coefficient (Wildman–Crippen LogP) is 13.1. The zero-order valence-corrected chi connectivity index (χ0v) is 38.4. The summed E-state index contributed by atoms with van der Waals surface area (Å²) in [4.78, 5) is 53.7. The van der Waals surface area contributed by atoms with Gasteiger partial charge in [0.25, 0.3) is 5.78 Å². The van der Waals surface area contributed by atoms with E-state index in [0.717, 1.165) is 89.4 Å². The molecule has 4 fully saturated rings. The van der Waals surface area contributed by atoms with Gasteiger partial charge < -0.3 is 14.4 Å². The van der Waals surface area contributed by atoms with Crippen molar-refractivity contribution in [2.24, 2.45) is 46.3 Å². The van der Waals surface area contributed by atoms with E-state index in [9.17, 15) is 32.3 Å². The van der Waals surface area contributed by atoms with Crippen molar-refractivity contribution < 1.29 is 41.8 Å². The van der Waals surface area contributed by atoms with Crippen molar-refractivity contribution in [3.63, 3.8) is 0 Å². The number of hydrogen-bond acceptors (Lipinski definition) is 6. The fraction of sp³-hybridized carbons (Fsp3) is 0.804. The van der Waals surface area contributed by atoms with Crippen LogP contribution in [-0.4, -0.2) is 60.0 Å². The molecule has 10 atom stereocenters. The van der Waals surface area contributed by atoms with Crippen LogP contribution in [0.1, 0.15) is 204 Å². The first kappa shape index (κ1) is 49.1. The van der Waals surface area contributed by atoms with Crippen LogP contribution in [0.3, 0.4) is 0 Å². The second kappa shape index (κ2) is 22.1. The fourth-order valence-electron chi connectivity index (χ4n) is 13.0. The van der Waals surface area contributed by atoms with Gasteiger partial charge in [-0.05, 0) is 124 Å². The van der Waals surface area contributed by atoms with Gasteiger partial charge in [0.2, 0.25) is 5.91 Å². The quantitative estimate of drug-likeness (QED) is 0.0655. The van der Waals surface area contributed by atoms with Crippen molar-refractivity contribution in [2.45, 2.75) is 201 Å². The molecule has 10 heteroatoms. The summed E-state index contributed by atoms with van der Waals surface area (Å²) in [5.41, 5.74) is -0.555. The second-order valence-corrected chi connectivity index (χ2v) is 20.2. The number of ether oxygens (including phenoxy) is 2. The van der Waals surface area contributed by atoms with Crippen LogP contribution in [0.4, 0.5) is 13.2 Å². The van der Waals surface area contributed by atoms with Crippen molar-refractivity contribution >= 4 is 23.6 Å². The first-order valence-corrected chi connectivity index (χ1v) is 24.4. The number of ketones is 1. The number of esters is 2. The van der Waals surface area contributed by atoms with Gasteiger partial charge in [0.15, 0.2) is 0 Å². The van der Waals surface area contributed by atoms with Crippen LogP contribution in [0.5, 0.6) is 0 Å². The molecule has 1 aromatic rings. The normalized spacial score (nSPS) is 30.1. The fourth-order valence-corrected chi connectivity index (χ4v) is 13.0. The number of hydrogen-bond donors (Lipinski definition) is 0. The summed E-state index contributed by atoms with van der Waals surface area (Å²) in [6.45, 7) is 14.9. The first-order valence-electron chi connectivity index (χ1n) is 24.4.